The summed E-state index contributed by atoms with van der Waals surface area (Å²) in [6, 6.07) is 4.61. The van der Waals surface area contributed by atoms with E-state index in [2.05, 4.69) is 22.4 Å². The van der Waals surface area contributed by atoms with Crippen LogP contribution in [-0.2, 0) is 6.54 Å². The van der Waals surface area contributed by atoms with Gasteiger partial charge in [0.25, 0.3) is 0 Å². The number of aromatic nitrogens is 1. The highest BCUT2D eigenvalue weighted by molar-refractivity contribution is 5.41. The summed E-state index contributed by atoms with van der Waals surface area (Å²) in [6.45, 7) is 0.903. The summed E-state index contributed by atoms with van der Waals surface area (Å²) < 4.78 is 0. The van der Waals surface area contributed by atoms with Crippen molar-refractivity contribution in [3.63, 3.8) is 0 Å². The maximum atomic E-state index is 5.38. The number of nitrogens with zero attached hydrogens (tertiary/aromatic N) is 2. The van der Waals surface area contributed by atoms with Crippen LogP contribution >= 0.6 is 0 Å². The van der Waals surface area contributed by atoms with Gasteiger partial charge >= 0.3 is 0 Å². The third kappa shape index (κ3) is 2.71. The van der Waals surface area contributed by atoms with Gasteiger partial charge in [-0.15, -0.1) is 0 Å². The van der Waals surface area contributed by atoms with Gasteiger partial charge in [0.15, 0.2) is 0 Å². The molecule has 88 valence electrons. The summed E-state index contributed by atoms with van der Waals surface area (Å²) in [7, 11) is 2.18. The van der Waals surface area contributed by atoms with Crippen molar-refractivity contribution >= 4 is 5.69 Å². The molecule has 1 fully saturated rings. The summed E-state index contributed by atoms with van der Waals surface area (Å²) in [6.07, 6.45) is 7.18. The molecule has 0 aromatic carbocycles. The Morgan fingerprint density at radius 2 is 2.25 bits per heavy atom. The third-order valence-corrected chi connectivity index (χ3v) is 3.34. The molecule has 0 bridgehead atoms. The third-order valence-electron chi connectivity index (χ3n) is 3.34. The molecule has 0 unspecified atom stereocenters. The molecule has 1 aliphatic rings. The van der Waals surface area contributed by atoms with Crippen molar-refractivity contribution in [3.8, 4) is 0 Å². The molecule has 0 saturated heterocycles. The van der Waals surface area contributed by atoms with Crippen LogP contribution in [0.15, 0.2) is 18.3 Å². The Morgan fingerprint density at radius 3 is 2.94 bits per heavy atom. The fraction of sp³-hybridized carbons (Fsp3) is 0.583. The van der Waals surface area contributed by atoms with Gasteiger partial charge in [-0.05, 0) is 32.0 Å². The number of nitrogens with one attached hydrogen (secondary N) is 1. The maximum Gasteiger partial charge on any atom is 0.0564 e. The smallest absolute Gasteiger partial charge is 0.0564 e. The van der Waals surface area contributed by atoms with E-state index in [0.717, 1.165) is 24.0 Å². The summed E-state index contributed by atoms with van der Waals surface area (Å²) in [5.41, 5.74) is 4.65. The minimum absolute atomic E-state index is 0.733. The van der Waals surface area contributed by atoms with Crippen molar-refractivity contribution in [3.05, 3.63) is 24.0 Å². The SMILES string of the molecule is CN(Cc1cc(NN)ccn1)C1CCCC1. The Bertz CT molecular complexity index is 334. The number of hydrazine groups is 1. The lowest BCUT2D eigenvalue weighted by atomic mass is 10.2. The van der Waals surface area contributed by atoms with Crippen molar-refractivity contribution in [1.29, 1.82) is 0 Å². The van der Waals surface area contributed by atoms with E-state index in [9.17, 15) is 0 Å². The molecule has 4 heteroatoms. The molecule has 0 spiro atoms. The normalized spacial score (nSPS) is 16.9. The van der Waals surface area contributed by atoms with Gasteiger partial charge in [-0.2, -0.15) is 0 Å². The molecule has 1 heterocycles. The van der Waals surface area contributed by atoms with Crippen LogP contribution in [0, 0.1) is 0 Å². The Kier molecular flexibility index (Phi) is 3.74. The quantitative estimate of drug-likeness (QED) is 0.599. The first-order valence-electron chi connectivity index (χ1n) is 5.91. The molecule has 1 aliphatic carbocycles. The van der Waals surface area contributed by atoms with Gasteiger partial charge in [-0.25, -0.2) is 0 Å². The molecule has 2 rings (SSSR count). The molecule has 1 saturated carbocycles. The van der Waals surface area contributed by atoms with Crippen LogP contribution in [0.2, 0.25) is 0 Å². The molecular formula is C12H20N4. The van der Waals surface area contributed by atoms with Crippen LogP contribution in [-0.4, -0.2) is 23.0 Å². The number of anilines is 1. The van der Waals surface area contributed by atoms with E-state index in [1.807, 2.05) is 12.1 Å². The first kappa shape index (κ1) is 11.4. The molecular weight excluding hydrogens is 200 g/mol. The second-order valence-electron chi connectivity index (χ2n) is 4.53. The highest BCUT2D eigenvalue weighted by atomic mass is 15.2. The van der Waals surface area contributed by atoms with Gasteiger partial charge < -0.3 is 5.43 Å². The largest absolute Gasteiger partial charge is 0.324 e. The summed E-state index contributed by atoms with van der Waals surface area (Å²) in [5.74, 6) is 5.38. The molecule has 0 aliphatic heterocycles. The van der Waals surface area contributed by atoms with E-state index in [-0.39, 0.29) is 0 Å². The second-order valence-corrected chi connectivity index (χ2v) is 4.53. The Hall–Kier alpha value is -1.13. The van der Waals surface area contributed by atoms with Gasteiger partial charge in [-0.1, -0.05) is 12.8 Å². The van der Waals surface area contributed by atoms with E-state index in [1.54, 1.807) is 6.20 Å². The van der Waals surface area contributed by atoms with Crippen molar-refractivity contribution < 1.29 is 0 Å². The van der Waals surface area contributed by atoms with E-state index >= 15 is 0 Å². The minimum atomic E-state index is 0.733. The monoisotopic (exact) mass is 220 g/mol. The fourth-order valence-electron chi connectivity index (χ4n) is 2.38. The Balaban J connectivity index is 1.96. The first-order valence-corrected chi connectivity index (χ1v) is 5.91. The molecule has 0 atom stereocenters. The number of nitrogens with two attached hydrogens (primary N) is 1. The summed E-state index contributed by atoms with van der Waals surface area (Å²) in [5, 5.41) is 0. The number of nitrogen functional groups attached to an aromatic ring is 1. The Morgan fingerprint density at radius 1 is 1.50 bits per heavy atom. The van der Waals surface area contributed by atoms with Gasteiger partial charge in [0.2, 0.25) is 0 Å². The zero-order chi connectivity index (χ0) is 11.4. The topological polar surface area (TPSA) is 54.2 Å². The Labute approximate surface area is 96.8 Å². The van der Waals surface area contributed by atoms with Gasteiger partial charge in [0.1, 0.15) is 0 Å². The zero-order valence-corrected chi connectivity index (χ0v) is 9.82. The van der Waals surface area contributed by atoms with Crippen LogP contribution in [0.4, 0.5) is 5.69 Å². The molecule has 1 aromatic rings. The first-order chi connectivity index (χ1) is 7.79. The lowest BCUT2D eigenvalue weighted by molar-refractivity contribution is 0.235. The predicted octanol–water partition coefficient (Wildman–Crippen LogP) is 1.74. The van der Waals surface area contributed by atoms with Crippen LogP contribution < -0.4 is 11.3 Å². The van der Waals surface area contributed by atoms with E-state index < -0.39 is 0 Å². The lowest BCUT2D eigenvalue weighted by Crippen LogP contribution is -2.28. The predicted molar refractivity (Wildman–Crippen MR) is 65.8 cm³/mol. The van der Waals surface area contributed by atoms with E-state index in [1.165, 1.54) is 25.7 Å². The van der Waals surface area contributed by atoms with Crippen LogP contribution in [0.3, 0.4) is 0 Å². The average molecular weight is 220 g/mol. The van der Waals surface area contributed by atoms with Gasteiger partial charge in [0, 0.05) is 18.8 Å². The molecule has 3 N–H and O–H groups in total. The molecule has 1 aromatic heterocycles. The summed E-state index contributed by atoms with van der Waals surface area (Å²) in [4.78, 5) is 6.76. The lowest BCUT2D eigenvalue weighted by Gasteiger charge is -2.23. The fourth-order valence-corrected chi connectivity index (χ4v) is 2.38. The van der Waals surface area contributed by atoms with Crippen molar-refractivity contribution in [2.24, 2.45) is 5.84 Å². The number of hydrogen-bond donors (Lipinski definition) is 2. The minimum Gasteiger partial charge on any atom is -0.324 e. The molecule has 0 amide bonds. The average Bonchev–Trinajstić information content (AvgIpc) is 2.83. The highest BCUT2D eigenvalue weighted by Crippen LogP contribution is 2.23. The zero-order valence-electron chi connectivity index (χ0n) is 9.82. The molecule has 16 heavy (non-hydrogen) atoms. The molecule has 4 nitrogen and oxygen atoms in total. The van der Waals surface area contributed by atoms with E-state index in [4.69, 9.17) is 5.84 Å². The molecule has 0 radical (unpaired) electrons. The standard InChI is InChI=1S/C12H20N4/c1-16(12-4-2-3-5-12)9-11-8-10(15-13)6-7-14-11/h6-8,12H,2-5,9,13H2,1H3,(H,14,15). The highest BCUT2D eigenvalue weighted by Gasteiger charge is 2.19. The van der Waals surface area contributed by atoms with Crippen molar-refractivity contribution in [2.45, 2.75) is 38.3 Å². The summed E-state index contributed by atoms with van der Waals surface area (Å²) >= 11 is 0. The van der Waals surface area contributed by atoms with Crippen molar-refractivity contribution in [2.75, 3.05) is 12.5 Å². The van der Waals surface area contributed by atoms with Gasteiger partial charge in [0.05, 0.1) is 11.4 Å². The number of hydrogen-bond acceptors (Lipinski definition) is 4. The van der Waals surface area contributed by atoms with Crippen LogP contribution in [0.1, 0.15) is 31.4 Å². The van der Waals surface area contributed by atoms with Gasteiger partial charge in [-0.3, -0.25) is 15.7 Å². The van der Waals surface area contributed by atoms with Crippen LogP contribution in [0.25, 0.3) is 0 Å². The van der Waals surface area contributed by atoms with Crippen LogP contribution in [0.5, 0.6) is 0 Å². The maximum absolute atomic E-state index is 5.38. The number of rotatable bonds is 4. The number of pyridine rings is 1. The van der Waals surface area contributed by atoms with Crippen molar-refractivity contribution in [1.82, 2.24) is 9.88 Å². The second kappa shape index (κ2) is 5.27. The van der Waals surface area contributed by atoms with E-state index in [0.29, 0.717) is 0 Å².